The molecule has 0 saturated heterocycles. The number of hydrogen-bond donors (Lipinski definition) is 3. The third-order valence-electron chi connectivity index (χ3n) is 9.69. The van der Waals surface area contributed by atoms with E-state index in [-0.39, 0.29) is 94.5 Å². The number of carbonyl (C=O) groups is 4. The fraction of sp³-hybridized carbons (Fsp3) is 0.600. The fourth-order valence-corrected chi connectivity index (χ4v) is 6.61. The van der Waals surface area contributed by atoms with Gasteiger partial charge in [0.1, 0.15) is 18.8 Å². The van der Waals surface area contributed by atoms with Crippen molar-refractivity contribution < 1.29 is 52.3 Å². The van der Waals surface area contributed by atoms with E-state index in [0.29, 0.717) is 70.2 Å². The van der Waals surface area contributed by atoms with Crippen molar-refractivity contribution in [3.63, 3.8) is 0 Å². The van der Waals surface area contributed by atoms with Crippen LogP contribution in [0, 0.1) is 13.8 Å². The summed E-state index contributed by atoms with van der Waals surface area (Å²) in [6.07, 6.45) is 4.49. The van der Waals surface area contributed by atoms with Gasteiger partial charge in [-0.1, -0.05) is 6.08 Å². The number of amides is 3. The lowest BCUT2D eigenvalue weighted by atomic mass is 9.95. The van der Waals surface area contributed by atoms with E-state index in [2.05, 4.69) is 20.7 Å². The van der Waals surface area contributed by atoms with Gasteiger partial charge in [-0.3, -0.25) is 28.7 Å². The fourth-order valence-electron chi connectivity index (χ4n) is 6.61. The molecule has 0 radical (unpaired) electrons. The SMILES string of the molecule is Cc1cc(C)c(CNC(=O)c2cc(C3=CCN(C(=O)COCCOCCOCC(=O)NCCOCCOCCOCCC(=O)OC(C)(C)C)CC3)cc3c2cnn3C(C)C)c(=O)[nH]1. The molecule has 0 unspecified atom stereocenters. The van der Waals surface area contributed by atoms with Gasteiger partial charge in [0.15, 0.2) is 0 Å². The van der Waals surface area contributed by atoms with Gasteiger partial charge in [-0.05, 0) is 89.8 Å². The summed E-state index contributed by atoms with van der Waals surface area (Å²) in [5, 5.41) is 10.9. The number of benzene rings is 1. The molecule has 0 spiro atoms. The molecule has 3 N–H and O–H groups in total. The van der Waals surface area contributed by atoms with E-state index in [4.69, 9.17) is 33.2 Å². The number of carbonyl (C=O) groups excluding carboxylic acids is 4. The highest BCUT2D eigenvalue weighted by molar-refractivity contribution is 6.07. The predicted octanol–water partition coefficient (Wildman–Crippen LogP) is 3.42. The molecule has 348 valence electrons. The number of pyridine rings is 1. The monoisotopic (exact) mass is 882 g/mol. The van der Waals surface area contributed by atoms with Crippen LogP contribution in [0.1, 0.15) is 86.2 Å². The number of nitrogens with one attached hydrogen (secondary N) is 3. The van der Waals surface area contributed by atoms with Gasteiger partial charge in [0, 0.05) is 48.9 Å². The first-order chi connectivity index (χ1) is 30.1. The molecule has 1 aromatic carbocycles. The van der Waals surface area contributed by atoms with E-state index in [9.17, 15) is 24.0 Å². The Balaban J connectivity index is 1.05. The number of fused-ring (bicyclic) bond motifs is 1. The van der Waals surface area contributed by atoms with Crippen LogP contribution in [0.15, 0.2) is 35.3 Å². The summed E-state index contributed by atoms with van der Waals surface area (Å²) in [5.41, 5.74) is 4.54. The Morgan fingerprint density at radius 3 is 2.08 bits per heavy atom. The molecule has 3 aromatic rings. The van der Waals surface area contributed by atoms with Crippen LogP contribution >= 0.6 is 0 Å². The zero-order chi connectivity index (χ0) is 45.8. The van der Waals surface area contributed by atoms with Crippen molar-refractivity contribution in [2.45, 2.75) is 79.5 Å². The third-order valence-corrected chi connectivity index (χ3v) is 9.69. The standard InChI is InChI=1S/C45H66N6O12/c1-31(2)51-39-26-35(25-36(38(39)28-48-51)43(55)47-27-37-32(3)24-33(4)49-44(37)56)34-8-12-50(13-9-34)41(53)30-62-23-21-60-20-22-61-29-40(52)46-11-15-58-17-19-59-18-16-57-14-10-42(54)63-45(5,6)7/h8,24-26,28,31H,9-23,27,29-30H2,1-7H3,(H,46,52)(H,47,55)(H,49,56). The highest BCUT2D eigenvalue weighted by atomic mass is 16.6. The van der Waals surface area contributed by atoms with Crippen LogP contribution in [0.3, 0.4) is 0 Å². The molecule has 18 heteroatoms. The van der Waals surface area contributed by atoms with Crippen LogP contribution in [0.5, 0.6) is 0 Å². The average molecular weight is 883 g/mol. The number of esters is 1. The van der Waals surface area contributed by atoms with Gasteiger partial charge < -0.3 is 53.7 Å². The summed E-state index contributed by atoms with van der Waals surface area (Å²) in [5.74, 6) is -1.00. The van der Waals surface area contributed by atoms with Gasteiger partial charge >= 0.3 is 5.97 Å². The number of ether oxygens (including phenoxy) is 7. The molecule has 2 aromatic heterocycles. The lowest BCUT2D eigenvalue weighted by Crippen LogP contribution is -2.37. The van der Waals surface area contributed by atoms with E-state index in [1.54, 1.807) is 11.1 Å². The molecule has 1 aliphatic heterocycles. The lowest BCUT2D eigenvalue weighted by molar-refractivity contribution is -0.156. The Morgan fingerprint density at radius 2 is 1.46 bits per heavy atom. The molecule has 0 bridgehead atoms. The Morgan fingerprint density at radius 1 is 0.825 bits per heavy atom. The van der Waals surface area contributed by atoms with Crippen LogP contribution in [0.25, 0.3) is 16.5 Å². The van der Waals surface area contributed by atoms with Crippen molar-refractivity contribution in [2.75, 3.05) is 98.9 Å². The summed E-state index contributed by atoms with van der Waals surface area (Å²) < 4.78 is 39.8. The number of rotatable bonds is 27. The molecule has 18 nitrogen and oxygen atoms in total. The number of aromatic amines is 1. The van der Waals surface area contributed by atoms with Gasteiger partial charge in [-0.25, -0.2) is 0 Å². The van der Waals surface area contributed by atoms with Crippen molar-refractivity contribution in [1.29, 1.82) is 0 Å². The smallest absolute Gasteiger partial charge is 0.308 e. The summed E-state index contributed by atoms with van der Waals surface area (Å²) >= 11 is 0. The molecular weight excluding hydrogens is 817 g/mol. The first kappa shape index (κ1) is 50.7. The van der Waals surface area contributed by atoms with Crippen LogP contribution < -0.4 is 16.2 Å². The summed E-state index contributed by atoms with van der Waals surface area (Å²) in [6, 6.07) is 5.84. The quantitative estimate of drug-likeness (QED) is 0.0742. The lowest BCUT2D eigenvalue weighted by Gasteiger charge is -2.27. The van der Waals surface area contributed by atoms with Crippen LogP contribution in [0.2, 0.25) is 0 Å². The topological polar surface area (TPSA) is 211 Å². The van der Waals surface area contributed by atoms with Crippen molar-refractivity contribution in [3.05, 3.63) is 68.8 Å². The highest BCUT2D eigenvalue weighted by Gasteiger charge is 2.22. The number of aryl methyl sites for hydroxylation is 2. The van der Waals surface area contributed by atoms with Crippen molar-refractivity contribution >= 4 is 40.2 Å². The molecule has 63 heavy (non-hydrogen) atoms. The van der Waals surface area contributed by atoms with Crippen LogP contribution in [-0.2, 0) is 54.1 Å². The first-order valence-electron chi connectivity index (χ1n) is 21.5. The Labute approximate surface area is 369 Å². The third kappa shape index (κ3) is 17.6. The zero-order valence-electron chi connectivity index (χ0n) is 37.9. The number of hydrogen-bond acceptors (Lipinski definition) is 13. The highest BCUT2D eigenvalue weighted by Crippen LogP contribution is 2.30. The van der Waals surface area contributed by atoms with E-state index in [1.807, 2.05) is 77.4 Å². The summed E-state index contributed by atoms with van der Waals surface area (Å²) in [7, 11) is 0. The van der Waals surface area contributed by atoms with Gasteiger partial charge in [-0.2, -0.15) is 5.10 Å². The van der Waals surface area contributed by atoms with Crippen molar-refractivity contribution in [2.24, 2.45) is 0 Å². The maximum absolute atomic E-state index is 13.6. The molecule has 0 saturated carbocycles. The second-order valence-electron chi connectivity index (χ2n) is 16.3. The molecule has 4 rings (SSSR count). The first-order valence-corrected chi connectivity index (χ1v) is 21.5. The van der Waals surface area contributed by atoms with E-state index < -0.39 is 5.60 Å². The molecule has 0 aliphatic carbocycles. The van der Waals surface area contributed by atoms with Gasteiger partial charge in [0.25, 0.3) is 11.5 Å². The molecule has 3 amide bonds. The van der Waals surface area contributed by atoms with Gasteiger partial charge in [0.2, 0.25) is 11.8 Å². The van der Waals surface area contributed by atoms with Crippen molar-refractivity contribution in [3.8, 4) is 0 Å². The maximum atomic E-state index is 13.6. The second kappa shape index (κ2) is 26.0. The second-order valence-corrected chi connectivity index (χ2v) is 16.3. The Kier molecular flexibility index (Phi) is 20.9. The number of H-pyrrole nitrogens is 1. The molecular formula is C45H66N6O12. The minimum atomic E-state index is -0.507. The minimum absolute atomic E-state index is 0.0638. The van der Waals surface area contributed by atoms with Gasteiger partial charge in [0.05, 0.1) is 89.8 Å². The molecule has 3 heterocycles. The van der Waals surface area contributed by atoms with Crippen LogP contribution in [-0.4, -0.2) is 148 Å². The number of nitrogens with zero attached hydrogens (tertiary/aromatic N) is 3. The number of aromatic nitrogens is 3. The zero-order valence-corrected chi connectivity index (χ0v) is 37.9. The molecule has 1 aliphatic rings. The Hall–Kier alpha value is -4.98. The maximum Gasteiger partial charge on any atom is 0.308 e. The predicted molar refractivity (Wildman–Crippen MR) is 235 cm³/mol. The molecule has 0 fully saturated rings. The summed E-state index contributed by atoms with van der Waals surface area (Å²) in [4.78, 5) is 67.3. The minimum Gasteiger partial charge on any atom is -0.460 e. The van der Waals surface area contributed by atoms with Gasteiger partial charge in [-0.15, -0.1) is 0 Å². The van der Waals surface area contributed by atoms with Crippen molar-refractivity contribution in [1.82, 2.24) is 30.3 Å². The normalized spacial score (nSPS) is 13.1. The van der Waals surface area contributed by atoms with E-state index in [1.165, 1.54) is 0 Å². The average Bonchev–Trinajstić information content (AvgIpc) is 3.66. The molecule has 0 atom stereocenters. The largest absolute Gasteiger partial charge is 0.460 e. The summed E-state index contributed by atoms with van der Waals surface area (Å²) in [6.45, 7) is 17.4. The van der Waals surface area contributed by atoms with E-state index >= 15 is 0 Å². The van der Waals surface area contributed by atoms with Crippen LogP contribution in [0.4, 0.5) is 0 Å². The Bertz CT molecular complexity index is 2050. The van der Waals surface area contributed by atoms with E-state index in [0.717, 1.165) is 33.3 Å².